The van der Waals surface area contributed by atoms with E-state index in [0.29, 0.717) is 12.5 Å². The minimum absolute atomic E-state index is 0.622. The summed E-state index contributed by atoms with van der Waals surface area (Å²) in [6, 6.07) is 0. The maximum absolute atomic E-state index is 5.57. The second-order valence-electron chi connectivity index (χ2n) is 3.94. The van der Waals surface area contributed by atoms with Crippen LogP contribution >= 0.6 is 15.9 Å². The molecule has 78 valence electrons. The minimum Gasteiger partial charge on any atom is -0.331 e. The van der Waals surface area contributed by atoms with Gasteiger partial charge in [0.1, 0.15) is 10.4 Å². The molecule has 0 spiro atoms. The normalized spacial score (nSPS) is 20.9. The van der Waals surface area contributed by atoms with Gasteiger partial charge in [-0.05, 0) is 41.2 Å². The first kappa shape index (κ1) is 10.2. The number of imidazole rings is 1. The van der Waals surface area contributed by atoms with E-state index in [1.165, 1.54) is 18.5 Å². The molecular formula is C10H16BrN3. The number of rotatable bonds is 2. The summed E-state index contributed by atoms with van der Waals surface area (Å²) < 4.78 is 3.36. The standard InChI is InChI=1S/C10H16BrN3/c1-7-3-2-6-14-8(4-5-12)13-10(11)9(7)14/h7H,2-6,12H2,1H3. The van der Waals surface area contributed by atoms with Crippen molar-refractivity contribution in [1.29, 1.82) is 0 Å². The fourth-order valence-corrected chi connectivity index (χ4v) is 3.02. The summed E-state index contributed by atoms with van der Waals surface area (Å²) in [5.41, 5.74) is 6.93. The van der Waals surface area contributed by atoms with Crippen LogP contribution in [0.5, 0.6) is 0 Å². The van der Waals surface area contributed by atoms with Crippen LogP contribution in [0.15, 0.2) is 4.60 Å². The Hall–Kier alpha value is -0.350. The predicted molar refractivity (Wildman–Crippen MR) is 60.3 cm³/mol. The van der Waals surface area contributed by atoms with Crippen LogP contribution < -0.4 is 5.73 Å². The lowest BCUT2D eigenvalue weighted by Crippen LogP contribution is -2.17. The highest BCUT2D eigenvalue weighted by molar-refractivity contribution is 9.10. The van der Waals surface area contributed by atoms with E-state index in [2.05, 4.69) is 32.4 Å². The van der Waals surface area contributed by atoms with Gasteiger partial charge in [-0.2, -0.15) is 0 Å². The molecule has 0 aliphatic carbocycles. The molecule has 1 atom stereocenters. The Labute approximate surface area is 92.8 Å². The van der Waals surface area contributed by atoms with Crippen molar-refractivity contribution in [3.8, 4) is 0 Å². The molecule has 0 saturated carbocycles. The number of hydrogen-bond acceptors (Lipinski definition) is 2. The average Bonchev–Trinajstić information content (AvgIpc) is 2.46. The van der Waals surface area contributed by atoms with Gasteiger partial charge in [0.15, 0.2) is 0 Å². The molecular weight excluding hydrogens is 242 g/mol. The lowest BCUT2D eigenvalue weighted by Gasteiger charge is -2.22. The maximum Gasteiger partial charge on any atom is 0.127 e. The van der Waals surface area contributed by atoms with Crippen molar-refractivity contribution >= 4 is 15.9 Å². The Bertz CT molecular complexity index is 332. The highest BCUT2D eigenvalue weighted by Gasteiger charge is 2.23. The fourth-order valence-electron chi connectivity index (χ4n) is 2.21. The third-order valence-electron chi connectivity index (χ3n) is 2.89. The monoisotopic (exact) mass is 257 g/mol. The van der Waals surface area contributed by atoms with Crippen molar-refractivity contribution in [2.24, 2.45) is 5.73 Å². The highest BCUT2D eigenvalue weighted by Crippen LogP contribution is 2.33. The molecule has 0 radical (unpaired) electrons. The molecule has 3 nitrogen and oxygen atoms in total. The van der Waals surface area contributed by atoms with Crippen LogP contribution in [0.3, 0.4) is 0 Å². The lowest BCUT2D eigenvalue weighted by atomic mass is 9.99. The van der Waals surface area contributed by atoms with E-state index >= 15 is 0 Å². The van der Waals surface area contributed by atoms with E-state index in [0.717, 1.165) is 23.4 Å². The molecule has 1 aliphatic rings. The molecule has 2 heterocycles. The van der Waals surface area contributed by atoms with E-state index in [-0.39, 0.29) is 0 Å². The van der Waals surface area contributed by atoms with Gasteiger partial charge in [-0.1, -0.05) is 6.92 Å². The predicted octanol–water partition coefficient (Wildman–Crippen LogP) is 2.04. The van der Waals surface area contributed by atoms with Crippen molar-refractivity contribution in [3.05, 3.63) is 16.1 Å². The third kappa shape index (κ3) is 1.61. The van der Waals surface area contributed by atoms with Crippen molar-refractivity contribution < 1.29 is 0 Å². The number of fused-ring (bicyclic) bond motifs is 1. The number of aromatic nitrogens is 2. The summed E-state index contributed by atoms with van der Waals surface area (Å²) in [6.07, 6.45) is 3.41. The maximum atomic E-state index is 5.57. The van der Waals surface area contributed by atoms with Crippen molar-refractivity contribution in [1.82, 2.24) is 9.55 Å². The van der Waals surface area contributed by atoms with Crippen LogP contribution in [0.25, 0.3) is 0 Å². The van der Waals surface area contributed by atoms with Gasteiger partial charge >= 0.3 is 0 Å². The average molecular weight is 258 g/mol. The van der Waals surface area contributed by atoms with E-state index in [9.17, 15) is 0 Å². The SMILES string of the molecule is CC1CCCn2c(CCN)nc(Br)c21. The smallest absolute Gasteiger partial charge is 0.127 e. The van der Waals surface area contributed by atoms with E-state index in [1.807, 2.05) is 0 Å². The Morgan fingerprint density at radius 1 is 1.64 bits per heavy atom. The molecule has 4 heteroatoms. The number of nitrogens with zero attached hydrogens (tertiary/aromatic N) is 2. The van der Waals surface area contributed by atoms with Crippen LogP contribution in [0.1, 0.15) is 37.2 Å². The summed E-state index contributed by atoms with van der Waals surface area (Å²) in [5, 5.41) is 0. The van der Waals surface area contributed by atoms with E-state index in [1.54, 1.807) is 0 Å². The zero-order valence-electron chi connectivity index (χ0n) is 8.46. The van der Waals surface area contributed by atoms with Crippen LogP contribution in [-0.4, -0.2) is 16.1 Å². The van der Waals surface area contributed by atoms with E-state index < -0.39 is 0 Å². The van der Waals surface area contributed by atoms with Gasteiger partial charge in [-0.3, -0.25) is 0 Å². The molecule has 1 unspecified atom stereocenters. The molecule has 2 rings (SSSR count). The van der Waals surface area contributed by atoms with Crippen molar-refractivity contribution in [2.45, 2.75) is 38.6 Å². The Kier molecular flexibility index (Phi) is 2.93. The molecule has 1 aliphatic heterocycles. The van der Waals surface area contributed by atoms with Gasteiger partial charge in [-0.15, -0.1) is 0 Å². The quantitative estimate of drug-likeness (QED) is 0.882. The largest absolute Gasteiger partial charge is 0.331 e. The summed E-state index contributed by atoms with van der Waals surface area (Å²) in [5.74, 6) is 1.76. The van der Waals surface area contributed by atoms with Gasteiger partial charge in [0.25, 0.3) is 0 Å². The Morgan fingerprint density at radius 3 is 3.14 bits per heavy atom. The van der Waals surface area contributed by atoms with Crippen LogP contribution in [0, 0.1) is 0 Å². The van der Waals surface area contributed by atoms with Crippen LogP contribution in [-0.2, 0) is 13.0 Å². The van der Waals surface area contributed by atoms with Gasteiger partial charge in [0.2, 0.25) is 0 Å². The second kappa shape index (κ2) is 4.03. The molecule has 1 aromatic rings. The minimum atomic E-state index is 0.622. The zero-order chi connectivity index (χ0) is 10.1. The van der Waals surface area contributed by atoms with Gasteiger partial charge in [0.05, 0.1) is 5.69 Å². The molecule has 1 aromatic heterocycles. The van der Waals surface area contributed by atoms with Crippen molar-refractivity contribution in [3.63, 3.8) is 0 Å². The molecule has 0 amide bonds. The topological polar surface area (TPSA) is 43.8 Å². The summed E-state index contributed by atoms with van der Waals surface area (Å²) in [4.78, 5) is 4.53. The van der Waals surface area contributed by atoms with Gasteiger partial charge in [0, 0.05) is 13.0 Å². The molecule has 0 bridgehead atoms. The Morgan fingerprint density at radius 2 is 2.43 bits per heavy atom. The lowest BCUT2D eigenvalue weighted by molar-refractivity contribution is 0.462. The number of halogens is 1. The molecule has 0 fully saturated rings. The molecule has 0 saturated heterocycles. The summed E-state index contributed by atoms with van der Waals surface area (Å²) in [7, 11) is 0. The first-order valence-corrected chi connectivity index (χ1v) is 5.98. The number of hydrogen-bond donors (Lipinski definition) is 1. The van der Waals surface area contributed by atoms with E-state index in [4.69, 9.17) is 5.73 Å². The molecule has 0 aromatic carbocycles. The van der Waals surface area contributed by atoms with Crippen molar-refractivity contribution in [2.75, 3.05) is 6.54 Å². The zero-order valence-corrected chi connectivity index (χ0v) is 10.0. The third-order valence-corrected chi connectivity index (χ3v) is 3.48. The summed E-state index contributed by atoms with van der Waals surface area (Å²) in [6.45, 7) is 4.05. The molecule has 14 heavy (non-hydrogen) atoms. The Balaban J connectivity index is 2.41. The number of nitrogens with two attached hydrogens (primary N) is 1. The van der Waals surface area contributed by atoms with Crippen LogP contribution in [0.2, 0.25) is 0 Å². The second-order valence-corrected chi connectivity index (χ2v) is 4.69. The first-order valence-electron chi connectivity index (χ1n) is 5.19. The highest BCUT2D eigenvalue weighted by atomic mass is 79.9. The van der Waals surface area contributed by atoms with Gasteiger partial charge < -0.3 is 10.3 Å². The van der Waals surface area contributed by atoms with Crippen LogP contribution in [0.4, 0.5) is 0 Å². The van der Waals surface area contributed by atoms with Gasteiger partial charge in [-0.25, -0.2) is 4.98 Å². The first-order chi connectivity index (χ1) is 6.74. The fraction of sp³-hybridized carbons (Fsp3) is 0.700. The summed E-state index contributed by atoms with van der Waals surface area (Å²) >= 11 is 3.54. The molecule has 2 N–H and O–H groups in total.